The summed E-state index contributed by atoms with van der Waals surface area (Å²) in [6.45, 7) is 0.00386. The first-order chi connectivity index (χ1) is 16.6. The second-order valence-corrected chi connectivity index (χ2v) is 8.61. The number of piperidine rings is 1. The highest BCUT2D eigenvalue weighted by atomic mass is 35.5. The molecule has 12 heteroatoms. The van der Waals surface area contributed by atoms with Crippen molar-refractivity contribution in [2.45, 2.75) is 24.6 Å². The van der Waals surface area contributed by atoms with E-state index < -0.39 is 34.7 Å². The van der Waals surface area contributed by atoms with E-state index in [0.29, 0.717) is 5.56 Å². The first-order valence-electron chi connectivity index (χ1n) is 10.5. The molecule has 0 aromatic carbocycles. The lowest BCUT2D eigenvalue weighted by Crippen LogP contribution is -2.46. The molecule has 182 valence electrons. The Kier molecular flexibility index (Phi) is 5.56. The highest BCUT2D eigenvalue weighted by molar-refractivity contribution is 6.33. The zero-order valence-corrected chi connectivity index (χ0v) is 18.6. The van der Waals surface area contributed by atoms with Gasteiger partial charge in [-0.2, -0.15) is 13.2 Å². The molecule has 7 nitrogen and oxygen atoms in total. The van der Waals surface area contributed by atoms with Crippen LogP contribution in [-0.2, 0) is 11.8 Å². The van der Waals surface area contributed by atoms with Gasteiger partial charge in [-0.3, -0.25) is 14.2 Å². The highest BCUT2D eigenvalue weighted by Crippen LogP contribution is 2.38. The van der Waals surface area contributed by atoms with Crippen molar-refractivity contribution in [2.24, 2.45) is 0 Å². The fourth-order valence-corrected chi connectivity index (χ4v) is 4.49. The third kappa shape index (κ3) is 4.04. The number of hydrogen-bond acceptors (Lipinski definition) is 5. The second-order valence-electron chi connectivity index (χ2n) is 8.25. The van der Waals surface area contributed by atoms with E-state index >= 15 is 0 Å². The molecule has 4 aromatic rings. The van der Waals surface area contributed by atoms with Gasteiger partial charge in [-0.15, -0.1) is 0 Å². The van der Waals surface area contributed by atoms with Gasteiger partial charge in [0, 0.05) is 36.6 Å². The molecule has 0 spiro atoms. The van der Waals surface area contributed by atoms with Crippen molar-refractivity contribution in [3.8, 4) is 11.1 Å². The van der Waals surface area contributed by atoms with Gasteiger partial charge >= 0.3 is 6.18 Å². The molecule has 1 amide bonds. The Morgan fingerprint density at radius 3 is 2.57 bits per heavy atom. The van der Waals surface area contributed by atoms with Crippen LogP contribution in [0.1, 0.15) is 34.6 Å². The van der Waals surface area contributed by atoms with Crippen LogP contribution >= 0.6 is 11.6 Å². The third-order valence-electron chi connectivity index (χ3n) is 6.10. The average molecular weight is 509 g/mol. The van der Waals surface area contributed by atoms with E-state index in [0.717, 1.165) is 10.5 Å². The molecule has 1 aliphatic heterocycles. The molecule has 5 heterocycles. The number of carbonyl (C=O) groups is 1. The lowest BCUT2D eigenvalue weighted by molar-refractivity contribution is -0.136. The predicted molar refractivity (Wildman–Crippen MR) is 116 cm³/mol. The van der Waals surface area contributed by atoms with Gasteiger partial charge in [0.05, 0.1) is 18.1 Å². The highest BCUT2D eigenvalue weighted by Gasteiger charge is 2.40. The zero-order chi connectivity index (χ0) is 25.0. The summed E-state index contributed by atoms with van der Waals surface area (Å²) in [5.74, 6) is -1.36. The number of likely N-dealkylation sites (tertiary alicyclic amines) is 1. The van der Waals surface area contributed by atoms with Gasteiger partial charge in [0.15, 0.2) is 11.3 Å². The number of hydrogen-bond donors (Lipinski definition) is 1. The Morgan fingerprint density at radius 2 is 1.94 bits per heavy atom. The number of alkyl halides is 3. The SMILES string of the molecule is O=C(c1nc2c(C(F)(F)F)cc(-c3ccoc3)cn2c1Cl)N1CCC(O)(c2ncccc2F)CC1. The number of amides is 1. The predicted octanol–water partition coefficient (Wildman–Crippen LogP) is 4.92. The molecule has 0 saturated carbocycles. The van der Waals surface area contributed by atoms with Crippen molar-refractivity contribution in [1.29, 1.82) is 0 Å². The Hall–Kier alpha value is -3.44. The third-order valence-corrected chi connectivity index (χ3v) is 6.46. The van der Waals surface area contributed by atoms with Crippen molar-refractivity contribution in [1.82, 2.24) is 19.3 Å². The van der Waals surface area contributed by atoms with Crippen LogP contribution in [0.3, 0.4) is 0 Å². The smallest absolute Gasteiger partial charge is 0.420 e. The number of fused-ring (bicyclic) bond motifs is 1. The minimum absolute atomic E-state index is 0.00193. The molecular formula is C23H17ClF4N4O3. The topological polar surface area (TPSA) is 83.9 Å². The summed E-state index contributed by atoms with van der Waals surface area (Å²) in [5, 5.41) is 10.6. The average Bonchev–Trinajstić information content (AvgIpc) is 3.47. The monoisotopic (exact) mass is 508 g/mol. The lowest BCUT2D eigenvalue weighted by Gasteiger charge is -2.37. The standard InChI is InChI=1S/C23H17ClF4N4O3/c24-19-17(21(33)31-7-4-22(34,5-8-31)18-16(25)2-1-6-29-18)30-20-15(23(26,27)28)10-14(11-32(19)20)13-3-9-35-12-13/h1-3,6,9-12,34H,4-5,7-8H2. The van der Waals surface area contributed by atoms with Gasteiger partial charge in [-0.25, -0.2) is 9.37 Å². The van der Waals surface area contributed by atoms with Crippen molar-refractivity contribution in [3.05, 3.63) is 77.1 Å². The number of halogens is 5. The molecule has 5 rings (SSSR count). The molecule has 0 aliphatic carbocycles. The normalized spacial score (nSPS) is 16.1. The first-order valence-corrected chi connectivity index (χ1v) is 10.9. The summed E-state index contributed by atoms with van der Waals surface area (Å²) < 4.78 is 61.6. The fourth-order valence-electron chi connectivity index (χ4n) is 4.24. The number of carbonyl (C=O) groups excluding carboxylic acids is 1. The van der Waals surface area contributed by atoms with E-state index in [1.54, 1.807) is 0 Å². The molecule has 35 heavy (non-hydrogen) atoms. The summed E-state index contributed by atoms with van der Waals surface area (Å²) in [7, 11) is 0. The maximum atomic E-state index is 14.1. The largest absolute Gasteiger partial charge is 0.472 e. The summed E-state index contributed by atoms with van der Waals surface area (Å²) in [5.41, 5.74) is -3.04. The van der Waals surface area contributed by atoms with E-state index in [1.165, 1.54) is 48.0 Å². The number of aromatic nitrogens is 3. The van der Waals surface area contributed by atoms with Crippen molar-refractivity contribution < 1.29 is 31.9 Å². The maximum Gasteiger partial charge on any atom is 0.420 e. The Labute approximate surface area is 200 Å². The van der Waals surface area contributed by atoms with Gasteiger partial charge in [-0.05, 0) is 37.1 Å². The van der Waals surface area contributed by atoms with Gasteiger partial charge in [0.2, 0.25) is 0 Å². The zero-order valence-electron chi connectivity index (χ0n) is 17.9. The van der Waals surface area contributed by atoms with Gasteiger partial charge in [0.25, 0.3) is 5.91 Å². The maximum absolute atomic E-state index is 14.1. The van der Waals surface area contributed by atoms with Gasteiger partial charge < -0.3 is 14.4 Å². The molecule has 1 saturated heterocycles. The fraction of sp³-hybridized carbons (Fsp3) is 0.261. The van der Waals surface area contributed by atoms with Crippen LogP contribution in [0.15, 0.2) is 53.6 Å². The number of nitrogens with zero attached hydrogens (tertiary/aromatic N) is 4. The molecule has 0 unspecified atom stereocenters. The number of aliphatic hydroxyl groups is 1. The molecular weight excluding hydrogens is 492 g/mol. The van der Waals surface area contributed by atoms with Crippen LogP contribution < -0.4 is 0 Å². The Bertz CT molecular complexity index is 1410. The minimum Gasteiger partial charge on any atom is -0.472 e. The lowest BCUT2D eigenvalue weighted by atomic mass is 9.87. The first kappa shape index (κ1) is 23.3. The van der Waals surface area contributed by atoms with Crippen LogP contribution in [0.25, 0.3) is 16.8 Å². The van der Waals surface area contributed by atoms with E-state index in [-0.39, 0.29) is 48.0 Å². The molecule has 1 N–H and O–H groups in total. The van der Waals surface area contributed by atoms with Crippen molar-refractivity contribution >= 4 is 23.2 Å². The van der Waals surface area contributed by atoms with Crippen LogP contribution in [0.5, 0.6) is 0 Å². The number of rotatable bonds is 3. The van der Waals surface area contributed by atoms with Crippen molar-refractivity contribution in [2.75, 3.05) is 13.1 Å². The van der Waals surface area contributed by atoms with Gasteiger partial charge in [0.1, 0.15) is 22.3 Å². The van der Waals surface area contributed by atoms with Crippen LogP contribution in [0.2, 0.25) is 5.15 Å². The van der Waals surface area contributed by atoms with Crippen LogP contribution in [0, 0.1) is 5.82 Å². The Morgan fingerprint density at radius 1 is 1.20 bits per heavy atom. The molecule has 0 bridgehead atoms. The number of furan rings is 1. The summed E-state index contributed by atoms with van der Waals surface area (Å²) >= 11 is 6.35. The van der Waals surface area contributed by atoms with E-state index in [2.05, 4.69) is 9.97 Å². The van der Waals surface area contributed by atoms with Crippen molar-refractivity contribution in [3.63, 3.8) is 0 Å². The molecule has 0 radical (unpaired) electrons. The van der Waals surface area contributed by atoms with E-state index in [4.69, 9.17) is 16.0 Å². The van der Waals surface area contributed by atoms with Crippen LogP contribution in [0.4, 0.5) is 17.6 Å². The molecule has 1 fully saturated rings. The van der Waals surface area contributed by atoms with Gasteiger partial charge in [-0.1, -0.05) is 11.6 Å². The van der Waals surface area contributed by atoms with E-state index in [1.807, 2.05) is 0 Å². The second kappa shape index (κ2) is 8.35. The number of imidazole rings is 1. The quantitative estimate of drug-likeness (QED) is 0.397. The number of pyridine rings is 2. The van der Waals surface area contributed by atoms with E-state index in [9.17, 15) is 27.5 Å². The molecule has 4 aromatic heterocycles. The Balaban J connectivity index is 1.48. The molecule has 0 atom stereocenters. The minimum atomic E-state index is -4.76. The van der Waals surface area contributed by atoms with Crippen LogP contribution in [-0.4, -0.2) is 43.4 Å². The summed E-state index contributed by atoms with van der Waals surface area (Å²) in [4.78, 5) is 22.4. The summed E-state index contributed by atoms with van der Waals surface area (Å²) in [6, 6.07) is 5.00. The molecule has 1 aliphatic rings. The summed E-state index contributed by atoms with van der Waals surface area (Å²) in [6.07, 6.45) is 0.528.